The second kappa shape index (κ2) is 6.26. The van der Waals surface area contributed by atoms with Crippen molar-refractivity contribution in [1.29, 1.82) is 5.26 Å². The fourth-order valence-corrected chi connectivity index (χ4v) is 3.21. The number of benzene rings is 1. The lowest BCUT2D eigenvalue weighted by molar-refractivity contribution is -0.137. The molecule has 1 aromatic carbocycles. The third-order valence-electron chi connectivity index (χ3n) is 3.15. The van der Waals surface area contributed by atoms with Crippen molar-refractivity contribution in [3.05, 3.63) is 28.8 Å². The molecule has 0 aliphatic rings. The van der Waals surface area contributed by atoms with Gasteiger partial charge >= 0.3 is 6.18 Å². The summed E-state index contributed by atoms with van der Waals surface area (Å²) < 4.78 is 38.6. The molecular formula is C14H11F3N2OS2. The van der Waals surface area contributed by atoms with Crippen LogP contribution in [0.15, 0.2) is 18.2 Å². The number of alkyl halides is 3. The summed E-state index contributed by atoms with van der Waals surface area (Å²) in [5.41, 5.74) is -0.645. The van der Waals surface area contributed by atoms with Gasteiger partial charge in [0.15, 0.2) is 11.7 Å². The Hall–Kier alpha value is -1.59. The number of hydrogen-bond donors (Lipinski definition) is 0. The van der Waals surface area contributed by atoms with Crippen LogP contribution in [0.3, 0.4) is 0 Å². The van der Waals surface area contributed by atoms with E-state index in [1.54, 1.807) is 13.2 Å². The molecule has 0 spiro atoms. The lowest BCUT2D eigenvalue weighted by Gasteiger charge is -2.09. The fraction of sp³-hybridized carbons (Fsp3) is 0.357. The zero-order valence-corrected chi connectivity index (χ0v) is 13.3. The van der Waals surface area contributed by atoms with E-state index in [2.05, 4.69) is 4.98 Å². The monoisotopic (exact) mass is 344 g/mol. The number of nitriles is 1. The van der Waals surface area contributed by atoms with E-state index in [0.717, 1.165) is 23.5 Å². The van der Waals surface area contributed by atoms with E-state index in [9.17, 15) is 23.2 Å². The van der Waals surface area contributed by atoms with Gasteiger partial charge in [-0.3, -0.25) is 4.79 Å². The fourth-order valence-electron chi connectivity index (χ4n) is 1.84. The van der Waals surface area contributed by atoms with Crippen LogP contribution >= 0.6 is 23.1 Å². The van der Waals surface area contributed by atoms with Crippen molar-refractivity contribution in [2.75, 3.05) is 6.26 Å². The standard InChI is InChI=1S/C14H11F3N2OS2/c1-7(21-2)12(20)9(6-18)13-19-10-5-8(14(15,16)17)3-4-11(10)22-13/h3-5,7,9H,1-2H3. The summed E-state index contributed by atoms with van der Waals surface area (Å²) in [6.45, 7) is 1.69. The molecule has 0 saturated carbocycles. The summed E-state index contributed by atoms with van der Waals surface area (Å²) in [6.07, 6.45) is -2.69. The molecule has 116 valence electrons. The summed E-state index contributed by atoms with van der Waals surface area (Å²) >= 11 is 2.39. The van der Waals surface area contributed by atoms with E-state index in [-0.39, 0.29) is 21.6 Å². The van der Waals surface area contributed by atoms with Crippen molar-refractivity contribution in [3.63, 3.8) is 0 Å². The summed E-state index contributed by atoms with van der Waals surface area (Å²) in [5.74, 6) is -1.33. The molecule has 0 saturated heterocycles. The number of halogens is 3. The molecule has 0 bridgehead atoms. The molecule has 0 N–H and O–H groups in total. The van der Waals surface area contributed by atoms with E-state index in [1.165, 1.54) is 17.8 Å². The van der Waals surface area contributed by atoms with Crippen LogP contribution in [0.1, 0.15) is 23.4 Å². The molecule has 0 aliphatic heterocycles. The summed E-state index contributed by atoms with van der Waals surface area (Å²) in [7, 11) is 0. The second-order valence-corrected chi connectivity index (χ2v) is 6.82. The van der Waals surface area contributed by atoms with Crippen molar-refractivity contribution in [2.45, 2.75) is 24.3 Å². The highest BCUT2D eigenvalue weighted by Gasteiger charge is 2.32. The number of carbonyl (C=O) groups is 1. The Bertz CT molecular complexity index is 749. The van der Waals surface area contributed by atoms with Crippen molar-refractivity contribution < 1.29 is 18.0 Å². The second-order valence-electron chi connectivity index (χ2n) is 4.57. The van der Waals surface area contributed by atoms with Crippen LogP contribution in [0, 0.1) is 11.3 Å². The van der Waals surface area contributed by atoms with Gasteiger partial charge < -0.3 is 0 Å². The Morgan fingerprint density at radius 2 is 2.14 bits per heavy atom. The highest BCUT2D eigenvalue weighted by molar-refractivity contribution is 7.99. The van der Waals surface area contributed by atoms with Gasteiger partial charge in [-0.1, -0.05) is 0 Å². The Morgan fingerprint density at radius 1 is 1.45 bits per heavy atom. The minimum Gasteiger partial charge on any atom is -0.296 e. The quantitative estimate of drug-likeness (QED) is 0.832. The maximum absolute atomic E-state index is 12.7. The predicted molar refractivity (Wildman–Crippen MR) is 81.0 cm³/mol. The number of ketones is 1. The average molecular weight is 344 g/mol. The highest BCUT2D eigenvalue weighted by atomic mass is 32.2. The normalized spacial score (nSPS) is 14.5. The molecular weight excluding hydrogens is 333 g/mol. The third kappa shape index (κ3) is 3.25. The first-order valence-corrected chi connectivity index (χ1v) is 8.32. The Labute approximate surface area is 133 Å². The number of aromatic nitrogens is 1. The number of nitrogens with zero attached hydrogens (tertiary/aromatic N) is 2. The molecule has 2 aromatic rings. The topological polar surface area (TPSA) is 53.8 Å². The third-order valence-corrected chi connectivity index (χ3v) is 5.19. The van der Waals surface area contributed by atoms with Crippen molar-refractivity contribution >= 4 is 39.1 Å². The number of thiazole rings is 1. The van der Waals surface area contributed by atoms with Crippen LogP contribution in [0.4, 0.5) is 13.2 Å². The van der Waals surface area contributed by atoms with Crippen molar-refractivity contribution in [1.82, 2.24) is 4.98 Å². The number of Topliss-reactive ketones (excluding diaryl/α,β-unsaturated/α-hetero) is 1. The minimum absolute atomic E-state index is 0.152. The zero-order chi connectivity index (χ0) is 16.5. The SMILES string of the molecule is CSC(C)C(=O)C(C#N)c1nc2cc(C(F)(F)F)ccc2s1. The molecule has 1 heterocycles. The predicted octanol–water partition coefficient (Wildman–Crippen LogP) is 4.24. The maximum Gasteiger partial charge on any atom is 0.416 e. The number of thioether (sulfide) groups is 1. The summed E-state index contributed by atoms with van der Waals surface area (Å²) in [6, 6.07) is 5.12. The summed E-state index contributed by atoms with van der Waals surface area (Å²) in [4.78, 5) is 16.2. The Balaban J connectivity index is 2.44. The molecule has 3 nitrogen and oxygen atoms in total. The molecule has 0 aliphatic carbocycles. The Morgan fingerprint density at radius 3 is 2.68 bits per heavy atom. The van der Waals surface area contributed by atoms with Gasteiger partial charge in [0.2, 0.25) is 0 Å². The lowest BCUT2D eigenvalue weighted by atomic mass is 10.0. The van der Waals surface area contributed by atoms with Gasteiger partial charge in [0.05, 0.1) is 27.1 Å². The van der Waals surface area contributed by atoms with E-state index >= 15 is 0 Å². The molecule has 2 unspecified atom stereocenters. The number of rotatable bonds is 4. The molecule has 2 rings (SSSR count). The van der Waals surface area contributed by atoms with Gasteiger partial charge in [-0.2, -0.15) is 30.2 Å². The molecule has 0 amide bonds. The van der Waals surface area contributed by atoms with Gasteiger partial charge in [-0.05, 0) is 31.4 Å². The molecule has 2 atom stereocenters. The van der Waals surface area contributed by atoms with E-state index < -0.39 is 17.7 Å². The molecule has 0 fully saturated rings. The molecule has 22 heavy (non-hydrogen) atoms. The Kier molecular flexibility index (Phi) is 4.78. The van der Waals surface area contributed by atoms with Crippen molar-refractivity contribution in [2.24, 2.45) is 0 Å². The smallest absolute Gasteiger partial charge is 0.296 e. The van der Waals surface area contributed by atoms with Gasteiger partial charge in [0, 0.05) is 0 Å². The van der Waals surface area contributed by atoms with E-state index in [0.29, 0.717) is 4.70 Å². The highest BCUT2D eigenvalue weighted by Crippen LogP contribution is 2.35. The van der Waals surface area contributed by atoms with Gasteiger partial charge in [-0.25, -0.2) is 4.98 Å². The van der Waals surface area contributed by atoms with Crippen LogP contribution in [0.5, 0.6) is 0 Å². The average Bonchev–Trinajstić information content (AvgIpc) is 2.88. The molecule has 8 heteroatoms. The first-order valence-electron chi connectivity index (χ1n) is 6.21. The van der Waals surface area contributed by atoms with Crippen LogP contribution in [-0.2, 0) is 11.0 Å². The number of hydrogen-bond acceptors (Lipinski definition) is 5. The van der Waals surface area contributed by atoms with Crippen LogP contribution < -0.4 is 0 Å². The number of carbonyl (C=O) groups excluding carboxylic acids is 1. The maximum atomic E-state index is 12.7. The first kappa shape index (κ1) is 16.8. The van der Waals surface area contributed by atoms with E-state index in [1.807, 2.05) is 6.07 Å². The summed E-state index contributed by atoms with van der Waals surface area (Å²) in [5, 5.41) is 9.08. The first-order chi connectivity index (χ1) is 10.3. The zero-order valence-electron chi connectivity index (χ0n) is 11.6. The van der Waals surface area contributed by atoms with Crippen LogP contribution in [-0.4, -0.2) is 22.3 Å². The minimum atomic E-state index is -4.45. The van der Waals surface area contributed by atoms with Crippen LogP contribution in [0.25, 0.3) is 10.2 Å². The molecule has 0 radical (unpaired) electrons. The van der Waals surface area contributed by atoms with Crippen molar-refractivity contribution in [3.8, 4) is 6.07 Å². The molecule has 1 aromatic heterocycles. The van der Waals surface area contributed by atoms with E-state index in [4.69, 9.17) is 0 Å². The largest absolute Gasteiger partial charge is 0.416 e. The van der Waals surface area contributed by atoms with Gasteiger partial charge in [0.1, 0.15) is 5.01 Å². The van der Waals surface area contributed by atoms with Crippen LogP contribution in [0.2, 0.25) is 0 Å². The lowest BCUT2D eigenvalue weighted by Crippen LogP contribution is -2.20. The number of fused-ring (bicyclic) bond motifs is 1. The van der Waals surface area contributed by atoms with Gasteiger partial charge in [0.25, 0.3) is 0 Å². The van der Waals surface area contributed by atoms with Gasteiger partial charge in [-0.15, -0.1) is 11.3 Å².